The van der Waals surface area contributed by atoms with Gasteiger partial charge in [-0.05, 0) is 40.6 Å². The molecule has 1 aliphatic heterocycles. The highest BCUT2D eigenvalue weighted by Crippen LogP contribution is 2.33. The van der Waals surface area contributed by atoms with Crippen LogP contribution >= 0.6 is 0 Å². The second-order valence-electron chi connectivity index (χ2n) is 12.1. The van der Waals surface area contributed by atoms with Crippen molar-refractivity contribution in [2.75, 3.05) is 13.2 Å². The number of aliphatic hydroxyl groups excluding tert-OH is 2. The van der Waals surface area contributed by atoms with E-state index < -0.39 is 49.3 Å². The number of azide groups is 1. The van der Waals surface area contributed by atoms with Gasteiger partial charge in [0.05, 0.1) is 57.9 Å². The summed E-state index contributed by atoms with van der Waals surface area (Å²) in [7, 11) is 0. The van der Waals surface area contributed by atoms with E-state index in [1.54, 1.807) is 0 Å². The fraction of sp³-hybridized carbons (Fsp3) is 0.385. The fourth-order valence-corrected chi connectivity index (χ4v) is 5.97. The molecule has 7 atom stereocenters. The van der Waals surface area contributed by atoms with Crippen molar-refractivity contribution in [2.45, 2.75) is 81.9 Å². The van der Waals surface area contributed by atoms with Gasteiger partial charge in [0.15, 0.2) is 0 Å². The van der Waals surface area contributed by atoms with Crippen LogP contribution in [0, 0.1) is 0 Å². The lowest BCUT2D eigenvalue weighted by Crippen LogP contribution is -2.61. The molecule has 4 aromatic carbocycles. The Morgan fingerprint density at radius 1 is 0.633 bits per heavy atom. The molecule has 0 aliphatic carbocycles. The Morgan fingerprint density at radius 3 is 1.51 bits per heavy atom. The summed E-state index contributed by atoms with van der Waals surface area (Å²) in [5.41, 5.74) is 13.2. The summed E-state index contributed by atoms with van der Waals surface area (Å²) in [4.78, 5) is 2.91. The van der Waals surface area contributed by atoms with Gasteiger partial charge in [-0.1, -0.05) is 126 Å². The summed E-state index contributed by atoms with van der Waals surface area (Å²) in [5, 5.41) is 23.8. The predicted molar refractivity (Wildman–Crippen MR) is 185 cm³/mol. The molecule has 4 aromatic rings. The summed E-state index contributed by atoms with van der Waals surface area (Å²) in [6.45, 7) is 1.03. The molecule has 0 bridgehead atoms. The van der Waals surface area contributed by atoms with Crippen molar-refractivity contribution in [2.24, 2.45) is 5.11 Å². The van der Waals surface area contributed by atoms with Crippen LogP contribution in [0.5, 0.6) is 0 Å². The lowest BCUT2D eigenvalue weighted by Gasteiger charge is -2.46. The van der Waals surface area contributed by atoms with Crippen molar-refractivity contribution in [3.8, 4) is 0 Å². The highest BCUT2D eigenvalue weighted by atomic mass is 16.6. The number of ether oxygens (including phenoxy) is 5. The molecule has 258 valence electrons. The van der Waals surface area contributed by atoms with Crippen LogP contribution in [-0.2, 0) is 50.1 Å². The van der Waals surface area contributed by atoms with Gasteiger partial charge in [0.2, 0.25) is 0 Å². The normalized spacial score (nSPS) is 21.8. The van der Waals surface area contributed by atoms with Gasteiger partial charge < -0.3 is 33.9 Å². The van der Waals surface area contributed by atoms with E-state index in [1.165, 1.54) is 0 Å². The number of hydrogen-bond donors (Lipinski definition) is 2. The number of benzene rings is 4. The average Bonchev–Trinajstić information content (AvgIpc) is 3.16. The van der Waals surface area contributed by atoms with Gasteiger partial charge in [0, 0.05) is 4.91 Å². The van der Waals surface area contributed by atoms with Crippen molar-refractivity contribution in [1.82, 2.24) is 0 Å². The van der Waals surface area contributed by atoms with Gasteiger partial charge in [-0.3, -0.25) is 0 Å². The highest BCUT2D eigenvalue weighted by Gasteiger charge is 2.48. The first-order valence-electron chi connectivity index (χ1n) is 16.7. The SMILES string of the molecule is [N-]=[N+]=N[C@H](CC[C@@H]1OC(COCc2ccccc2)[C@H](OCc2ccccc2)[C@H](OCc2ccccc2)C1OCc1ccccc1)[C@H](O)CO. The van der Waals surface area contributed by atoms with E-state index >= 15 is 0 Å². The summed E-state index contributed by atoms with van der Waals surface area (Å²) < 4.78 is 33.2. The average molecular weight is 668 g/mol. The first-order chi connectivity index (χ1) is 24.1. The number of aliphatic hydroxyl groups is 2. The Kier molecular flexibility index (Phi) is 14.6. The highest BCUT2D eigenvalue weighted by molar-refractivity contribution is 5.16. The lowest BCUT2D eigenvalue weighted by molar-refractivity contribution is -0.273. The molecule has 0 spiro atoms. The molecule has 2 N–H and O–H groups in total. The van der Waals surface area contributed by atoms with Crippen LogP contribution in [0.25, 0.3) is 10.4 Å². The van der Waals surface area contributed by atoms with E-state index in [1.807, 2.05) is 121 Å². The van der Waals surface area contributed by atoms with Gasteiger partial charge in [0.25, 0.3) is 0 Å². The molecule has 0 radical (unpaired) electrons. The number of nitrogens with zero attached hydrogens (tertiary/aromatic N) is 3. The zero-order valence-corrected chi connectivity index (χ0v) is 27.5. The van der Waals surface area contributed by atoms with E-state index in [-0.39, 0.29) is 13.0 Å². The van der Waals surface area contributed by atoms with Crippen LogP contribution < -0.4 is 0 Å². The molecule has 1 heterocycles. The van der Waals surface area contributed by atoms with Crippen LogP contribution in [0.2, 0.25) is 0 Å². The second kappa shape index (κ2) is 19.8. The summed E-state index contributed by atoms with van der Waals surface area (Å²) >= 11 is 0. The molecule has 10 nitrogen and oxygen atoms in total. The Hall–Kier alpha value is -4.09. The zero-order valence-electron chi connectivity index (χ0n) is 27.5. The minimum atomic E-state index is -1.21. The molecule has 49 heavy (non-hydrogen) atoms. The predicted octanol–water partition coefficient (Wildman–Crippen LogP) is 6.54. The summed E-state index contributed by atoms with van der Waals surface area (Å²) in [5.74, 6) is 0. The zero-order chi connectivity index (χ0) is 34.1. The van der Waals surface area contributed by atoms with E-state index in [0.29, 0.717) is 32.8 Å². The lowest BCUT2D eigenvalue weighted by atomic mass is 9.90. The molecular weight excluding hydrogens is 622 g/mol. The molecule has 0 saturated carbocycles. The Morgan fingerprint density at radius 2 is 1.06 bits per heavy atom. The van der Waals surface area contributed by atoms with E-state index in [9.17, 15) is 15.7 Å². The minimum Gasteiger partial charge on any atom is -0.394 e. The quantitative estimate of drug-likeness (QED) is 0.0659. The van der Waals surface area contributed by atoms with Crippen molar-refractivity contribution in [3.05, 3.63) is 154 Å². The third-order valence-corrected chi connectivity index (χ3v) is 8.56. The molecule has 2 unspecified atom stereocenters. The Bertz CT molecular complexity index is 1530. The third-order valence-electron chi connectivity index (χ3n) is 8.56. The standard InChI is InChI=1S/C39H45N3O7/c40-42-41-33(34(44)23-43)21-22-35-37(46-25-30-15-7-2-8-16-30)39(48-27-32-19-11-4-12-20-32)38(47-26-31-17-9-3-10-18-31)36(49-35)28-45-24-29-13-5-1-6-14-29/h1-20,33-39,43-44H,21-28H2/t33-,34-,35+,36?,37?,38+,39-/m1/s1. The maximum absolute atomic E-state index is 10.4. The van der Waals surface area contributed by atoms with Crippen molar-refractivity contribution < 1.29 is 33.9 Å². The molecular formula is C39H45N3O7. The first-order valence-corrected chi connectivity index (χ1v) is 16.7. The number of hydrogen-bond acceptors (Lipinski definition) is 8. The van der Waals surface area contributed by atoms with Crippen molar-refractivity contribution >= 4 is 0 Å². The second-order valence-corrected chi connectivity index (χ2v) is 12.1. The van der Waals surface area contributed by atoms with Crippen LogP contribution in [0.3, 0.4) is 0 Å². The van der Waals surface area contributed by atoms with Gasteiger partial charge in [0.1, 0.15) is 24.4 Å². The molecule has 10 heteroatoms. The fourth-order valence-electron chi connectivity index (χ4n) is 5.97. The number of rotatable bonds is 19. The molecule has 1 saturated heterocycles. The van der Waals surface area contributed by atoms with Gasteiger partial charge in [-0.25, -0.2) is 0 Å². The molecule has 0 aromatic heterocycles. The van der Waals surface area contributed by atoms with Crippen LogP contribution in [-0.4, -0.2) is 66.1 Å². The minimum absolute atomic E-state index is 0.223. The maximum atomic E-state index is 10.4. The van der Waals surface area contributed by atoms with Gasteiger partial charge in [-0.15, -0.1) is 0 Å². The van der Waals surface area contributed by atoms with Crippen LogP contribution in [0.4, 0.5) is 0 Å². The molecule has 5 rings (SSSR count). The largest absolute Gasteiger partial charge is 0.394 e. The third kappa shape index (κ3) is 11.2. The van der Waals surface area contributed by atoms with Crippen molar-refractivity contribution in [1.29, 1.82) is 0 Å². The Balaban J connectivity index is 1.46. The first kappa shape index (κ1) is 36.2. The van der Waals surface area contributed by atoms with Crippen LogP contribution in [0.1, 0.15) is 35.1 Å². The topological polar surface area (TPSA) is 135 Å². The van der Waals surface area contributed by atoms with Gasteiger partial charge >= 0.3 is 0 Å². The van der Waals surface area contributed by atoms with Crippen LogP contribution in [0.15, 0.2) is 126 Å². The molecule has 1 aliphatic rings. The summed E-state index contributed by atoms with van der Waals surface area (Å²) in [6.07, 6.45) is -3.46. The van der Waals surface area contributed by atoms with E-state index in [4.69, 9.17) is 23.7 Å². The Labute approximate surface area is 287 Å². The van der Waals surface area contributed by atoms with E-state index in [2.05, 4.69) is 10.0 Å². The smallest absolute Gasteiger partial charge is 0.115 e. The monoisotopic (exact) mass is 667 g/mol. The molecule has 0 amide bonds. The van der Waals surface area contributed by atoms with E-state index in [0.717, 1.165) is 22.3 Å². The summed E-state index contributed by atoms with van der Waals surface area (Å²) in [6, 6.07) is 38.8. The van der Waals surface area contributed by atoms with Gasteiger partial charge in [-0.2, -0.15) is 0 Å². The van der Waals surface area contributed by atoms with Crippen molar-refractivity contribution in [3.63, 3.8) is 0 Å². The molecule has 1 fully saturated rings. The maximum Gasteiger partial charge on any atom is 0.115 e.